The minimum atomic E-state index is -0.528. The second kappa shape index (κ2) is 7.25. The first-order chi connectivity index (χ1) is 8.03. The molecule has 4 nitrogen and oxygen atoms in total. The molecule has 0 heterocycles. The van der Waals surface area contributed by atoms with Crippen molar-refractivity contribution >= 4 is 5.97 Å². The van der Waals surface area contributed by atoms with Crippen molar-refractivity contribution in [3.05, 3.63) is 0 Å². The molecule has 0 spiro atoms. The summed E-state index contributed by atoms with van der Waals surface area (Å²) < 4.78 is 10.6. The fourth-order valence-corrected chi connectivity index (χ4v) is 1.31. The quantitative estimate of drug-likeness (QED) is 0.746. The van der Waals surface area contributed by atoms with Crippen molar-refractivity contribution in [3.63, 3.8) is 0 Å². The molecule has 0 aromatic heterocycles. The monoisotopic (exact) mass is 275 g/mol. The first-order valence-corrected chi connectivity index (χ1v) is 6.72. The maximum Gasteiger partial charge on any atom is 0.323 e. The molecule has 4 heteroatoms. The van der Waals surface area contributed by atoms with Crippen LogP contribution >= 0.6 is 0 Å². The van der Waals surface area contributed by atoms with Crippen molar-refractivity contribution in [1.29, 1.82) is 0 Å². The Morgan fingerprint density at radius 3 is 1.21 bits per heavy atom. The van der Waals surface area contributed by atoms with Crippen LogP contribution in [0.2, 0.25) is 0 Å². The van der Waals surface area contributed by atoms with E-state index < -0.39 is 11.6 Å². The third-order valence-electron chi connectivity index (χ3n) is 1.39. The van der Waals surface area contributed by atoms with Gasteiger partial charge in [-0.2, -0.15) is 0 Å². The summed E-state index contributed by atoms with van der Waals surface area (Å²) in [5.41, 5.74) is 4.81. The lowest BCUT2D eigenvalue weighted by atomic mass is 10.1. The standard InChI is InChI=1S/C8H18O.C7H15NO2/c1-7(2,3)9-8(4,5)6;1-5(8)6(9)10-7(2,3)4/h1-6H3;5H,8H2,1-4H3/t;5-/m.0/s1. The van der Waals surface area contributed by atoms with Gasteiger partial charge in [0.25, 0.3) is 0 Å². The van der Waals surface area contributed by atoms with Crippen LogP contribution in [0.25, 0.3) is 0 Å². The highest BCUT2D eigenvalue weighted by molar-refractivity contribution is 5.75. The topological polar surface area (TPSA) is 61.5 Å². The van der Waals surface area contributed by atoms with Crippen molar-refractivity contribution in [1.82, 2.24) is 0 Å². The van der Waals surface area contributed by atoms with Gasteiger partial charge in [-0.15, -0.1) is 0 Å². The van der Waals surface area contributed by atoms with Crippen LogP contribution in [0, 0.1) is 0 Å². The van der Waals surface area contributed by atoms with E-state index in [0.717, 1.165) is 0 Å². The lowest BCUT2D eigenvalue weighted by Crippen LogP contribution is -2.35. The number of hydrogen-bond acceptors (Lipinski definition) is 4. The van der Waals surface area contributed by atoms with E-state index in [1.165, 1.54) is 0 Å². The third-order valence-corrected chi connectivity index (χ3v) is 1.39. The number of nitrogens with two attached hydrogens (primary N) is 1. The Morgan fingerprint density at radius 2 is 1.16 bits per heavy atom. The van der Waals surface area contributed by atoms with E-state index in [4.69, 9.17) is 15.2 Å². The molecule has 0 saturated carbocycles. The molecule has 0 rings (SSSR count). The van der Waals surface area contributed by atoms with Gasteiger partial charge >= 0.3 is 5.97 Å². The Labute approximate surface area is 119 Å². The van der Waals surface area contributed by atoms with Crippen LogP contribution in [0.4, 0.5) is 0 Å². The van der Waals surface area contributed by atoms with E-state index in [-0.39, 0.29) is 17.2 Å². The fraction of sp³-hybridized carbons (Fsp3) is 0.933. The lowest BCUT2D eigenvalue weighted by Gasteiger charge is -2.30. The summed E-state index contributed by atoms with van der Waals surface area (Å²) >= 11 is 0. The number of rotatable bonds is 1. The molecule has 0 aliphatic carbocycles. The molecule has 0 fully saturated rings. The van der Waals surface area contributed by atoms with E-state index >= 15 is 0 Å². The van der Waals surface area contributed by atoms with Crippen molar-refractivity contribution < 1.29 is 14.3 Å². The number of esters is 1. The van der Waals surface area contributed by atoms with Crippen LogP contribution in [0.15, 0.2) is 0 Å². The minimum Gasteiger partial charge on any atom is -0.459 e. The summed E-state index contributed by atoms with van der Waals surface area (Å²) in [6.07, 6.45) is 0. The van der Waals surface area contributed by atoms with Gasteiger partial charge in [-0.1, -0.05) is 0 Å². The molecule has 2 N–H and O–H groups in total. The first-order valence-electron chi connectivity index (χ1n) is 6.72. The van der Waals surface area contributed by atoms with E-state index in [1.54, 1.807) is 6.92 Å². The third kappa shape index (κ3) is 19.9. The molecule has 0 bridgehead atoms. The van der Waals surface area contributed by atoms with Crippen LogP contribution in [0.3, 0.4) is 0 Å². The van der Waals surface area contributed by atoms with E-state index in [2.05, 4.69) is 41.5 Å². The highest BCUT2D eigenvalue weighted by Gasteiger charge is 2.20. The lowest BCUT2D eigenvalue weighted by molar-refractivity contribution is -0.155. The molecular formula is C15H33NO3. The van der Waals surface area contributed by atoms with Crippen molar-refractivity contribution in [3.8, 4) is 0 Å². The zero-order chi connectivity index (χ0) is 16.1. The highest BCUT2D eigenvalue weighted by Crippen LogP contribution is 2.18. The maximum atomic E-state index is 10.8. The van der Waals surface area contributed by atoms with Gasteiger partial charge in [0.2, 0.25) is 0 Å². The van der Waals surface area contributed by atoms with Crippen LogP contribution in [0.1, 0.15) is 69.2 Å². The molecule has 0 aromatic rings. The molecule has 0 aliphatic rings. The van der Waals surface area contributed by atoms with Crippen molar-refractivity contribution in [2.75, 3.05) is 0 Å². The Balaban J connectivity index is 0. The second-order valence-electron chi connectivity index (χ2n) is 7.65. The fourth-order valence-electron chi connectivity index (χ4n) is 1.31. The SMILES string of the molecule is CC(C)(C)OC(C)(C)C.C[C@H](N)C(=O)OC(C)(C)C. The van der Waals surface area contributed by atoms with Crippen LogP contribution in [0.5, 0.6) is 0 Å². The van der Waals surface area contributed by atoms with E-state index in [0.29, 0.717) is 0 Å². The van der Waals surface area contributed by atoms with Gasteiger partial charge in [-0.05, 0) is 69.2 Å². The summed E-state index contributed by atoms with van der Waals surface area (Å²) in [4.78, 5) is 10.8. The predicted octanol–water partition coefficient (Wildman–Crippen LogP) is 3.28. The molecule has 0 amide bonds. The van der Waals surface area contributed by atoms with Gasteiger partial charge in [0.1, 0.15) is 11.6 Å². The van der Waals surface area contributed by atoms with Crippen LogP contribution < -0.4 is 5.73 Å². The molecular weight excluding hydrogens is 242 g/mol. The van der Waals surface area contributed by atoms with Crippen LogP contribution in [-0.2, 0) is 14.3 Å². The summed E-state index contributed by atoms with van der Waals surface area (Å²) in [6.45, 7) is 19.4. The molecule has 0 aromatic carbocycles. The summed E-state index contributed by atoms with van der Waals surface area (Å²) in [6, 6.07) is -0.528. The number of carbonyl (C=O) groups is 1. The van der Waals surface area contributed by atoms with Gasteiger partial charge in [0.15, 0.2) is 0 Å². The average molecular weight is 275 g/mol. The Morgan fingerprint density at radius 1 is 0.842 bits per heavy atom. The summed E-state index contributed by atoms with van der Waals surface area (Å²) in [5, 5.41) is 0. The van der Waals surface area contributed by atoms with E-state index in [9.17, 15) is 4.79 Å². The van der Waals surface area contributed by atoms with Crippen molar-refractivity contribution in [2.24, 2.45) is 5.73 Å². The normalized spacial score (nSPS) is 14.3. The molecule has 0 radical (unpaired) electrons. The van der Waals surface area contributed by atoms with Gasteiger partial charge in [-0.25, -0.2) is 0 Å². The maximum absolute atomic E-state index is 10.8. The Bertz CT molecular complexity index is 253. The molecule has 116 valence electrons. The number of carbonyl (C=O) groups excluding carboxylic acids is 1. The Kier molecular flexibility index (Phi) is 7.90. The molecule has 0 unspecified atom stereocenters. The Hall–Kier alpha value is -0.610. The molecule has 1 atom stereocenters. The molecule has 19 heavy (non-hydrogen) atoms. The number of ether oxygens (including phenoxy) is 2. The van der Waals surface area contributed by atoms with Crippen molar-refractivity contribution in [2.45, 2.75) is 92.1 Å². The smallest absolute Gasteiger partial charge is 0.323 e. The van der Waals surface area contributed by atoms with E-state index in [1.807, 2.05) is 20.8 Å². The van der Waals surface area contributed by atoms with Gasteiger partial charge in [0, 0.05) is 0 Å². The number of hydrogen-bond donors (Lipinski definition) is 1. The highest BCUT2D eigenvalue weighted by atomic mass is 16.6. The molecule has 0 saturated heterocycles. The van der Waals surface area contributed by atoms with Gasteiger partial charge in [0.05, 0.1) is 11.2 Å². The minimum absolute atomic E-state index is 0.0156. The average Bonchev–Trinajstić information content (AvgIpc) is 1.93. The predicted molar refractivity (Wildman–Crippen MR) is 80.1 cm³/mol. The molecule has 0 aliphatic heterocycles. The second-order valence-corrected chi connectivity index (χ2v) is 7.65. The zero-order valence-electron chi connectivity index (χ0n) is 14.4. The first kappa shape index (κ1) is 20.7. The van der Waals surface area contributed by atoms with Gasteiger partial charge in [-0.3, -0.25) is 4.79 Å². The van der Waals surface area contributed by atoms with Crippen LogP contribution in [-0.4, -0.2) is 28.8 Å². The zero-order valence-corrected chi connectivity index (χ0v) is 14.4. The van der Waals surface area contributed by atoms with Gasteiger partial charge < -0.3 is 15.2 Å². The summed E-state index contributed by atoms with van der Waals surface area (Å²) in [5.74, 6) is -0.354. The summed E-state index contributed by atoms with van der Waals surface area (Å²) in [7, 11) is 0. The largest absolute Gasteiger partial charge is 0.459 e.